The maximum atomic E-state index is 6.22. The molecule has 17 heavy (non-hydrogen) atoms. The zero-order valence-corrected chi connectivity index (χ0v) is 11.4. The summed E-state index contributed by atoms with van der Waals surface area (Å²) in [5.74, 6) is 0.821. The number of halogens is 1. The van der Waals surface area contributed by atoms with Gasteiger partial charge in [-0.1, -0.05) is 31.4 Å². The second-order valence-electron chi connectivity index (χ2n) is 4.75. The Balaban J connectivity index is 2.08. The van der Waals surface area contributed by atoms with Crippen LogP contribution in [0.3, 0.4) is 0 Å². The van der Waals surface area contributed by atoms with Gasteiger partial charge in [-0.05, 0) is 30.7 Å². The van der Waals surface area contributed by atoms with Crippen LogP contribution in [0.25, 0.3) is 10.2 Å². The van der Waals surface area contributed by atoms with Gasteiger partial charge in [-0.2, -0.15) is 0 Å². The van der Waals surface area contributed by atoms with E-state index >= 15 is 0 Å². The molecular formula is C13H15ClN2S. The molecule has 2 nitrogen and oxygen atoms in total. The van der Waals surface area contributed by atoms with Crippen LogP contribution in [0, 0.1) is 5.92 Å². The van der Waals surface area contributed by atoms with Gasteiger partial charge >= 0.3 is 0 Å². The third kappa shape index (κ3) is 1.95. The Labute approximate surface area is 110 Å². The van der Waals surface area contributed by atoms with Crippen molar-refractivity contribution in [3.05, 3.63) is 21.9 Å². The number of hydrogen-bond donors (Lipinski definition) is 0. The Kier molecular flexibility index (Phi) is 3.05. The Morgan fingerprint density at radius 1 is 1.47 bits per heavy atom. The number of aromatic nitrogens is 2. The quantitative estimate of drug-likeness (QED) is 0.760. The number of nitrogens with zero attached hydrogens (tertiary/aromatic N) is 2. The summed E-state index contributed by atoms with van der Waals surface area (Å²) in [5, 5.41) is 1.75. The van der Waals surface area contributed by atoms with Gasteiger partial charge in [0.15, 0.2) is 0 Å². The summed E-state index contributed by atoms with van der Waals surface area (Å²) in [6.07, 6.45) is 7.83. The van der Waals surface area contributed by atoms with Crippen molar-refractivity contribution in [2.45, 2.75) is 39.0 Å². The summed E-state index contributed by atoms with van der Waals surface area (Å²) >= 11 is 8.01. The minimum Gasteiger partial charge on any atom is -0.225 e. The number of fused-ring (bicyclic) bond motifs is 3. The van der Waals surface area contributed by atoms with Crippen molar-refractivity contribution in [1.29, 1.82) is 0 Å². The molecule has 0 fully saturated rings. The van der Waals surface area contributed by atoms with Gasteiger partial charge in [-0.3, -0.25) is 0 Å². The lowest BCUT2D eigenvalue weighted by Crippen LogP contribution is -2.12. The second kappa shape index (κ2) is 4.54. The van der Waals surface area contributed by atoms with Gasteiger partial charge < -0.3 is 0 Å². The molecule has 0 N–H and O–H groups in total. The summed E-state index contributed by atoms with van der Waals surface area (Å²) in [5.41, 5.74) is 1.43. The van der Waals surface area contributed by atoms with Crippen molar-refractivity contribution in [1.82, 2.24) is 9.97 Å². The van der Waals surface area contributed by atoms with Crippen LogP contribution in [0.15, 0.2) is 6.33 Å². The number of thiophene rings is 1. The average Bonchev–Trinajstić information content (AvgIpc) is 2.68. The van der Waals surface area contributed by atoms with Gasteiger partial charge in [0.05, 0.1) is 5.39 Å². The molecule has 0 bridgehead atoms. The monoisotopic (exact) mass is 266 g/mol. The minimum absolute atomic E-state index is 0.629. The standard InChI is InChI=1S/C13H15ClN2S/c1-2-3-8-4-5-10-9(6-8)11-12(14)15-7-16-13(11)17-10/h7-8H,2-6H2,1H3. The van der Waals surface area contributed by atoms with E-state index < -0.39 is 0 Å². The Bertz CT molecular complexity index is 550. The zero-order chi connectivity index (χ0) is 11.8. The minimum atomic E-state index is 0.629. The van der Waals surface area contributed by atoms with Gasteiger partial charge in [-0.25, -0.2) is 9.97 Å². The highest BCUT2D eigenvalue weighted by Gasteiger charge is 2.24. The predicted octanol–water partition coefficient (Wildman–Crippen LogP) is 4.25. The Morgan fingerprint density at radius 2 is 2.35 bits per heavy atom. The van der Waals surface area contributed by atoms with Crippen molar-refractivity contribution in [3.63, 3.8) is 0 Å². The smallest absolute Gasteiger partial charge is 0.141 e. The summed E-state index contributed by atoms with van der Waals surface area (Å²) in [6.45, 7) is 2.26. The molecule has 0 amide bonds. The van der Waals surface area contributed by atoms with Crippen LogP contribution in [0.4, 0.5) is 0 Å². The van der Waals surface area contributed by atoms with E-state index in [9.17, 15) is 0 Å². The highest BCUT2D eigenvalue weighted by molar-refractivity contribution is 7.19. The van der Waals surface area contributed by atoms with E-state index in [1.165, 1.54) is 36.1 Å². The van der Waals surface area contributed by atoms with Crippen molar-refractivity contribution in [2.24, 2.45) is 5.92 Å². The molecule has 3 rings (SSSR count). The Morgan fingerprint density at radius 3 is 3.18 bits per heavy atom. The Hall–Kier alpha value is -0.670. The van der Waals surface area contributed by atoms with Crippen LogP contribution in [0.1, 0.15) is 36.6 Å². The molecule has 0 saturated heterocycles. The fourth-order valence-electron chi connectivity index (χ4n) is 2.80. The van der Waals surface area contributed by atoms with Crippen LogP contribution in [-0.4, -0.2) is 9.97 Å². The van der Waals surface area contributed by atoms with Crippen LogP contribution >= 0.6 is 22.9 Å². The largest absolute Gasteiger partial charge is 0.225 e. The van der Waals surface area contributed by atoms with Crippen molar-refractivity contribution >= 4 is 33.2 Å². The highest BCUT2D eigenvalue weighted by Crippen LogP contribution is 2.40. The van der Waals surface area contributed by atoms with Crippen LogP contribution in [0.2, 0.25) is 5.15 Å². The van der Waals surface area contributed by atoms with E-state index in [0.29, 0.717) is 5.15 Å². The first-order chi connectivity index (χ1) is 8.29. The van der Waals surface area contributed by atoms with E-state index in [4.69, 9.17) is 11.6 Å². The second-order valence-corrected chi connectivity index (χ2v) is 6.19. The van der Waals surface area contributed by atoms with Crippen LogP contribution in [-0.2, 0) is 12.8 Å². The maximum absolute atomic E-state index is 6.22. The number of hydrogen-bond acceptors (Lipinski definition) is 3. The molecule has 2 heterocycles. The molecule has 4 heteroatoms. The van der Waals surface area contributed by atoms with Crippen LogP contribution < -0.4 is 0 Å². The normalized spacial score (nSPS) is 19.5. The van der Waals surface area contributed by atoms with Gasteiger partial charge in [-0.15, -0.1) is 11.3 Å². The van der Waals surface area contributed by atoms with Gasteiger partial charge in [0.1, 0.15) is 16.3 Å². The predicted molar refractivity (Wildman–Crippen MR) is 72.8 cm³/mol. The highest BCUT2D eigenvalue weighted by atomic mass is 35.5. The fourth-order valence-corrected chi connectivity index (χ4v) is 4.28. The van der Waals surface area contributed by atoms with Crippen molar-refractivity contribution in [2.75, 3.05) is 0 Å². The molecule has 2 aromatic rings. The molecule has 1 atom stereocenters. The number of rotatable bonds is 2. The van der Waals surface area contributed by atoms with Gasteiger partial charge in [0, 0.05) is 4.88 Å². The van der Waals surface area contributed by atoms with Crippen LogP contribution in [0.5, 0.6) is 0 Å². The van der Waals surface area contributed by atoms with E-state index in [1.54, 1.807) is 17.7 Å². The molecule has 1 unspecified atom stereocenters. The summed E-state index contributed by atoms with van der Waals surface area (Å²) < 4.78 is 0. The topological polar surface area (TPSA) is 25.8 Å². The van der Waals surface area contributed by atoms with Crippen molar-refractivity contribution in [3.8, 4) is 0 Å². The zero-order valence-electron chi connectivity index (χ0n) is 9.87. The molecule has 2 aromatic heterocycles. The summed E-state index contributed by atoms with van der Waals surface area (Å²) in [6, 6.07) is 0. The molecule has 0 radical (unpaired) electrons. The van der Waals surface area contributed by atoms with Crippen molar-refractivity contribution < 1.29 is 0 Å². The molecule has 1 aliphatic rings. The third-order valence-corrected chi connectivity index (χ3v) is 5.08. The van der Waals surface area contributed by atoms with E-state index in [-0.39, 0.29) is 0 Å². The lowest BCUT2D eigenvalue weighted by atomic mass is 9.85. The van der Waals surface area contributed by atoms with E-state index in [0.717, 1.165) is 22.6 Å². The molecular weight excluding hydrogens is 252 g/mol. The molecule has 0 spiro atoms. The van der Waals surface area contributed by atoms with E-state index in [2.05, 4.69) is 16.9 Å². The molecule has 1 aliphatic carbocycles. The maximum Gasteiger partial charge on any atom is 0.141 e. The SMILES string of the molecule is CCCC1CCc2sc3ncnc(Cl)c3c2C1. The summed E-state index contributed by atoms with van der Waals surface area (Å²) in [4.78, 5) is 11.0. The molecule has 0 aromatic carbocycles. The first-order valence-corrected chi connectivity index (χ1v) is 7.39. The van der Waals surface area contributed by atoms with Gasteiger partial charge in [0.2, 0.25) is 0 Å². The first-order valence-electron chi connectivity index (χ1n) is 6.20. The fraction of sp³-hybridized carbons (Fsp3) is 0.538. The molecule has 90 valence electrons. The lowest BCUT2D eigenvalue weighted by molar-refractivity contribution is 0.427. The third-order valence-electron chi connectivity index (χ3n) is 3.59. The lowest BCUT2D eigenvalue weighted by Gasteiger charge is -2.21. The average molecular weight is 267 g/mol. The number of aryl methyl sites for hydroxylation is 1. The molecule has 0 aliphatic heterocycles. The molecule has 0 saturated carbocycles. The van der Waals surface area contributed by atoms with Gasteiger partial charge in [0.25, 0.3) is 0 Å². The van der Waals surface area contributed by atoms with E-state index in [1.807, 2.05) is 0 Å². The first kappa shape index (κ1) is 11.4. The summed E-state index contributed by atoms with van der Waals surface area (Å²) in [7, 11) is 0.